The molecule has 23 heavy (non-hydrogen) atoms. The zero-order valence-corrected chi connectivity index (χ0v) is 13.7. The van der Waals surface area contributed by atoms with E-state index in [0.29, 0.717) is 6.42 Å². The Labute approximate surface area is 138 Å². The predicted octanol–water partition coefficient (Wildman–Crippen LogP) is 4.43. The highest BCUT2D eigenvalue weighted by molar-refractivity contribution is 5.41. The van der Waals surface area contributed by atoms with E-state index in [1.54, 1.807) is 0 Å². The molecule has 2 rings (SSSR count). The van der Waals surface area contributed by atoms with Gasteiger partial charge in [0, 0.05) is 6.42 Å². The molecule has 0 heterocycles. The number of hydrogen-bond acceptors (Lipinski definition) is 3. The highest BCUT2D eigenvalue weighted by Crippen LogP contribution is 2.27. The minimum atomic E-state index is -0.266. The fraction of sp³-hybridized carbons (Fsp3) is 0.300. The lowest BCUT2D eigenvalue weighted by atomic mass is 10.1. The molecular weight excluding hydrogens is 286 g/mol. The van der Waals surface area contributed by atoms with E-state index >= 15 is 0 Å². The Balaban J connectivity index is 2.02. The summed E-state index contributed by atoms with van der Waals surface area (Å²) >= 11 is 0. The second kappa shape index (κ2) is 8.26. The molecule has 0 fully saturated rings. The number of nitrogens with two attached hydrogens (primary N) is 1. The lowest BCUT2D eigenvalue weighted by Gasteiger charge is -2.14. The van der Waals surface area contributed by atoms with Gasteiger partial charge in [0.15, 0.2) is 0 Å². The van der Waals surface area contributed by atoms with Gasteiger partial charge in [0.05, 0.1) is 0 Å². The quantitative estimate of drug-likeness (QED) is 0.608. The summed E-state index contributed by atoms with van der Waals surface area (Å²) in [5.41, 5.74) is 8.04. The van der Waals surface area contributed by atoms with Crippen molar-refractivity contribution < 1.29 is 9.47 Å². The largest absolute Gasteiger partial charge is 0.476 e. The summed E-state index contributed by atoms with van der Waals surface area (Å²) in [7, 11) is 0. The zero-order valence-electron chi connectivity index (χ0n) is 13.7. The first kappa shape index (κ1) is 16.9. The van der Waals surface area contributed by atoms with Crippen LogP contribution in [0.4, 0.5) is 0 Å². The average molecular weight is 309 g/mol. The summed E-state index contributed by atoms with van der Waals surface area (Å²) in [4.78, 5) is 0. The summed E-state index contributed by atoms with van der Waals surface area (Å²) in [6, 6.07) is 13.5. The van der Waals surface area contributed by atoms with Crippen LogP contribution < -0.4 is 15.2 Å². The van der Waals surface area contributed by atoms with Crippen molar-refractivity contribution in [2.45, 2.75) is 39.3 Å². The van der Waals surface area contributed by atoms with Crippen molar-refractivity contribution in [1.82, 2.24) is 0 Å². The normalized spacial score (nSPS) is 11.6. The molecule has 3 nitrogen and oxygen atoms in total. The van der Waals surface area contributed by atoms with Crippen LogP contribution in [0, 0.1) is 19.3 Å². The maximum atomic E-state index is 5.91. The van der Waals surface area contributed by atoms with E-state index in [2.05, 4.69) is 18.9 Å². The number of terminal acetylenes is 1. The van der Waals surface area contributed by atoms with Crippen LogP contribution in [0.5, 0.6) is 17.2 Å². The monoisotopic (exact) mass is 309 g/mol. The molecule has 1 unspecified atom stereocenters. The SMILES string of the molecule is C#CCc1ccc(Oc2ccc(OC(N)CCC)cc2)c(C)c1. The molecule has 2 aromatic carbocycles. The first-order chi connectivity index (χ1) is 11.1. The number of rotatable bonds is 7. The van der Waals surface area contributed by atoms with Crippen molar-refractivity contribution in [2.75, 3.05) is 0 Å². The molecule has 0 aliphatic carbocycles. The van der Waals surface area contributed by atoms with E-state index in [4.69, 9.17) is 21.6 Å². The van der Waals surface area contributed by atoms with Crippen LogP contribution >= 0.6 is 0 Å². The van der Waals surface area contributed by atoms with Crippen LogP contribution in [0.3, 0.4) is 0 Å². The van der Waals surface area contributed by atoms with E-state index < -0.39 is 0 Å². The fourth-order valence-electron chi connectivity index (χ4n) is 2.29. The number of aryl methyl sites for hydroxylation is 1. The Kier molecular flexibility index (Phi) is 6.08. The topological polar surface area (TPSA) is 44.5 Å². The van der Waals surface area contributed by atoms with Crippen molar-refractivity contribution >= 4 is 0 Å². The molecule has 120 valence electrons. The Morgan fingerprint density at radius 1 is 1.13 bits per heavy atom. The number of benzene rings is 2. The molecule has 1 atom stereocenters. The van der Waals surface area contributed by atoms with Crippen LogP contribution in [0.25, 0.3) is 0 Å². The zero-order chi connectivity index (χ0) is 16.7. The van der Waals surface area contributed by atoms with Gasteiger partial charge in [-0.05, 0) is 54.8 Å². The van der Waals surface area contributed by atoms with Crippen LogP contribution in [-0.2, 0) is 6.42 Å². The summed E-state index contributed by atoms with van der Waals surface area (Å²) < 4.78 is 11.5. The molecule has 0 aromatic heterocycles. The second-order valence-corrected chi connectivity index (χ2v) is 5.50. The van der Waals surface area contributed by atoms with Gasteiger partial charge >= 0.3 is 0 Å². The van der Waals surface area contributed by atoms with Crippen LogP contribution in [0.1, 0.15) is 30.9 Å². The number of ether oxygens (including phenoxy) is 2. The van der Waals surface area contributed by atoms with Crippen molar-refractivity contribution in [3.8, 4) is 29.6 Å². The lowest BCUT2D eigenvalue weighted by Crippen LogP contribution is -2.26. The average Bonchev–Trinajstić information content (AvgIpc) is 2.52. The van der Waals surface area contributed by atoms with Gasteiger partial charge in [-0.3, -0.25) is 5.73 Å². The minimum Gasteiger partial charge on any atom is -0.476 e. The minimum absolute atomic E-state index is 0.266. The van der Waals surface area contributed by atoms with Crippen molar-refractivity contribution in [3.63, 3.8) is 0 Å². The molecule has 3 heteroatoms. The van der Waals surface area contributed by atoms with E-state index in [1.165, 1.54) is 0 Å². The van der Waals surface area contributed by atoms with Gasteiger partial charge in [-0.25, -0.2) is 0 Å². The smallest absolute Gasteiger partial charge is 0.147 e. The van der Waals surface area contributed by atoms with Crippen molar-refractivity contribution in [1.29, 1.82) is 0 Å². The van der Waals surface area contributed by atoms with E-state index in [0.717, 1.165) is 41.2 Å². The molecule has 0 aliphatic rings. The summed E-state index contributed by atoms with van der Waals surface area (Å²) in [5, 5.41) is 0. The van der Waals surface area contributed by atoms with E-state index in [9.17, 15) is 0 Å². The molecule has 0 bridgehead atoms. The maximum Gasteiger partial charge on any atom is 0.147 e. The van der Waals surface area contributed by atoms with Crippen molar-refractivity contribution in [3.05, 3.63) is 53.6 Å². The Hall–Kier alpha value is -2.44. The molecule has 2 N–H and O–H groups in total. The fourth-order valence-corrected chi connectivity index (χ4v) is 2.29. The third-order valence-electron chi connectivity index (χ3n) is 3.46. The third-order valence-corrected chi connectivity index (χ3v) is 3.46. The molecule has 0 radical (unpaired) electrons. The molecule has 0 spiro atoms. The summed E-state index contributed by atoms with van der Waals surface area (Å²) in [5.74, 6) is 4.98. The van der Waals surface area contributed by atoms with Gasteiger partial charge < -0.3 is 9.47 Å². The van der Waals surface area contributed by atoms with Gasteiger partial charge in [0.2, 0.25) is 0 Å². The molecular formula is C20H23NO2. The first-order valence-corrected chi connectivity index (χ1v) is 7.85. The van der Waals surface area contributed by atoms with E-state index in [1.807, 2.05) is 43.3 Å². The van der Waals surface area contributed by atoms with Crippen LogP contribution in [-0.4, -0.2) is 6.23 Å². The Morgan fingerprint density at radius 3 is 2.43 bits per heavy atom. The summed E-state index contributed by atoms with van der Waals surface area (Å²) in [6.07, 6.45) is 7.53. The van der Waals surface area contributed by atoms with Gasteiger partial charge in [-0.1, -0.05) is 25.5 Å². The van der Waals surface area contributed by atoms with Gasteiger partial charge in [0.25, 0.3) is 0 Å². The molecule has 0 amide bonds. The molecule has 0 saturated heterocycles. The van der Waals surface area contributed by atoms with Gasteiger partial charge in [-0.15, -0.1) is 12.3 Å². The van der Waals surface area contributed by atoms with Crippen molar-refractivity contribution in [2.24, 2.45) is 5.73 Å². The molecule has 0 saturated carbocycles. The first-order valence-electron chi connectivity index (χ1n) is 7.85. The third kappa shape index (κ3) is 5.05. The molecule has 0 aliphatic heterocycles. The standard InChI is InChI=1S/C20H23NO2/c1-4-6-16-8-13-19(15(3)14-16)22-17-9-11-18(12-10-17)23-20(21)7-5-2/h1,8-14,20H,5-7,21H2,2-3H3. The maximum absolute atomic E-state index is 5.91. The highest BCUT2D eigenvalue weighted by atomic mass is 16.5. The Bertz CT molecular complexity index is 671. The van der Waals surface area contributed by atoms with Gasteiger partial charge in [-0.2, -0.15) is 0 Å². The predicted molar refractivity (Wildman–Crippen MR) is 93.7 cm³/mol. The van der Waals surface area contributed by atoms with E-state index in [-0.39, 0.29) is 6.23 Å². The van der Waals surface area contributed by atoms with Gasteiger partial charge in [0.1, 0.15) is 23.5 Å². The highest BCUT2D eigenvalue weighted by Gasteiger charge is 2.05. The summed E-state index contributed by atoms with van der Waals surface area (Å²) in [6.45, 7) is 4.09. The second-order valence-electron chi connectivity index (χ2n) is 5.50. The van der Waals surface area contributed by atoms with Crippen LogP contribution in [0.15, 0.2) is 42.5 Å². The number of hydrogen-bond donors (Lipinski definition) is 1. The van der Waals surface area contributed by atoms with Crippen LogP contribution in [0.2, 0.25) is 0 Å². The lowest BCUT2D eigenvalue weighted by molar-refractivity contribution is 0.197. The Morgan fingerprint density at radius 2 is 1.83 bits per heavy atom. The molecule has 2 aromatic rings.